The molecule has 0 aliphatic carbocycles. The summed E-state index contributed by atoms with van der Waals surface area (Å²) in [7, 11) is -0.666. The molecule has 36 heteroatoms. The van der Waals surface area contributed by atoms with Gasteiger partial charge in [-0.25, -0.2) is 68.6 Å². The van der Waals surface area contributed by atoms with Crippen LogP contribution in [0.25, 0.3) is 33.7 Å². The molecule has 0 bridgehead atoms. The second-order valence-electron chi connectivity index (χ2n) is 33.0. The van der Waals surface area contributed by atoms with E-state index in [1.807, 2.05) is 78.4 Å². The second-order valence-corrected chi connectivity index (χ2v) is 33.4. The van der Waals surface area contributed by atoms with Gasteiger partial charge in [0.2, 0.25) is 17.2 Å². The van der Waals surface area contributed by atoms with Gasteiger partial charge in [0, 0.05) is 82.6 Å². The Morgan fingerprint density at radius 2 is 0.802 bits per heavy atom. The summed E-state index contributed by atoms with van der Waals surface area (Å²) in [6.07, 6.45) is 6.32. The van der Waals surface area contributed by atoms with Gasteiger partial charge in [-0.3, -0.25) is 0 Å². The number of fused-ring (bicyclic) bond motifs is 2. The Bertz CT molecular complexity index is 4060. The number of likely N-dealkylation sites (tertiary alicyclic amines) is 2. The first-order chi connectivity index (χ1) is 49.1. The number of aromatic nitrogens is 12. The molecule has 34 nitrogen and oxygen atoms in total. The number of hydrogen-bond donors (Lipinski definition) is 0. The lowest BCUT2D eigenvalue weighted by atomic mass is 9.81. The molecule has 0 unspecified atom stereocenters. The van der Waals surface area contributed by atoms with Crippen LogP contribution in [0.2, 0.25) is 5.28 Å². The Balaban J connectivity index is 0.000000194. The summed E-state index contributed by atoms with van der Waals surface area (Å²) in [6.45, 7) is 46.4. The molecule has 11 rings (SSSR count). The van der Waals surface area contributed by atoms with E-state index >= 15 is 0 Å². The van der Waals surface area contributed by atoms with Crippen LogP contribution in [0, 0.1) is 0 Å². The molecule has 0 N–H and O–H groups in total. The number of anilines is 4. The number of halogens is 1. The van der Waals surface area contributed by atoms with Gasteiger partial charge in [-0.05, 0) is 177 Å². The Morgan fingerprint density at radius 3 is 1.16 bits per heavy atom. The number of imidazole rings is 2. The van der Waals surface area contributed by atoms with E-state index in [1.54, 1.807) is 106 Å². The quantitative estimate of drug-likeness (QED) is 0.0776. The van der Waals surface area contributed by atoms with Gasteiger partial charge in [-0.15, -0.1) is 9.80 Å². The summed E-state index contributed by atoms with van der Waals surface area (Å²) >= 11 is 6.22. The molecule has 11 heterocycles. The summed E-state index contributed by atoms with van der Waals surface area (Å²) in [6, 6.07) is -0.0151. The van der Waals surface area contributed by atoms with E-state index in [-0.39, 0.29) is 41.5 Å². The zero-order valence-corrected chi connectivity index (χ0v) is 65.8. The molecule has 5 saturated heterocycles. The molecule has 0 saturated carbocycles. The first kappa shape index (κ1) is 81.2. The maximum atomic E-state index is 13.1. The molecular formula is C70H102BClN18O16. The van der Waals surface area contributed by atoms with Crippen molar-refractivity contribution in [2.75, 3.05) is 98.4 Å². The Labute approximate surface area is 623 Å². The zero-order valence-electron chi connectivity index (χ0n) is 65.1. The van der Waals surface area contributed by atoms with Crippen molar-refractivity contribution in [3.63, 3.8) is 0 Å². The van der Waals surface area contributed by atoms with Crippen LogP contribution in [0.4, 0.5) is 52.3 Å². The topological polar surface area (TPSA) is 353 Å². The van der Waals surface area contributed by atoms with Crippen LogP contribution in [-0.4, -0.2) is 236 Å². The predicted molar refractivity (Wildman–Crippen MR) is 393 cm³/mol. The molecule has 0 aromatic carbocycles. The van der Waals surface area contributed by atoms with E-state index in [4.69, 9.17) is 73.8 Å². The number of carbonyl (C=O) groups is 6. The Hall–Kier alpha value is -8.93. The van der Waals surface area contributed by atoms with E-state index in [2.05, 4.69) is 44.7 Å². The number of carbonyl (C=O) groups excluding carboxylic acids is 6. The third-order valence-electron chi connectivity index (χ3n) is 16.6. The van der Waals surface area contributed by atoms with Crippen LogP contribution in [0.3, 0.4) is 0 Å². The molecule has 106 heavy (non-hydrogen) atoms. The summed E-state index contributed by atoms with van der Waals surface area (Å²) in [5.41, 5.74) is -1.93. The fourth-order valence-corrected chi connectivity index (χ4v) is 11.3. The minimum Gasteiger partial charge on any atom is -0.444 e. The van der Waals surface area contributed by atoms with Gasteiger partial charge >= 0.3 is 43.7 Å². The van der Waals surface area contributed by atoms with Crippen molar-refractivity contribution in [1.82, 2.24) is 68.8 Å². The van der Waals surface area contributed by atoms with E-state index in [1.165, 1.54) is 24.8 Å². The molecule has 5 fully saturated rings. The van der Waals surface area contributed by atoms with Crippen molar-refractivity contribution in [3.8, 4) is 11.4 Å². The third-order valence-corrected chi connectivity index (χ3v) is 16.8. The van der Waals surface area contributed by atoms with Gasteiger partial charge in [0.1, 0.15) is 33.6 Å². The number of imide groups is 2. The van der Waals surface area contributed by atoms with Crippen molar-refractivity contribution in [3.05, 3.63) is 42.7 Å². The van der Waals surface area contributed by atoms with Gasteiger partial charge in [0.25, 0.3) is 0 Å². The number of nitrogens with zero attached hydrogens (tertiary/aromatic N) is 18. The van der Waals surface area contributed by atoms with Crippen molar-refractivity contribution in [1.29, 1.82) is 0 Å². The average molecular weight is 1500 g/mol. The van der Waals surface area contributed by atoms with Gasteiger partial charge in [-0.1, -0.05) is 0 Å². The lowest BCUT2D eigenvalue weighted by molar-refractivity contribution is 0.00578. The van der Waals surface area contributed by atoms with Crippen LogP contribution in [0.1, 0.15) is 177 Å². The van der Waals surface area contributed by atoms with E-state index in [0.717, 1.165) is 30.8 Å². The predicted octanol–water partition coefficient (Wildman–Crippen LogP) is 10.9. The summed E-state index contributed by atoms with van der Waals surface area (Å²) in [4.78, 5) is 131. The lowest BCUT2D eigenvalue weighted by Gasteiger charge is -2.32. The maximum absolute atomic E-state index is 13.1. The number of morpholine rings is 2. The number of amides is 6. The zero-order chi connectivity index (χ0) is 78.0. The van der Waals surface area contributed by atoms with Crippen molar-refractivity contribution in [2.24, 2.45) is 0 Å². The van der Waals surface area contributed by atoms with E-state index < -0.39 is 76.3 Å². The number of hydrogen-bond acceptors (Lipinski definition) is 28. The van der Waals surface area contributed by atoms with Crippen molar-refractivity contribution >= 4 is 107 Å². The van der Waals surface area contributed by atoms with E-state index in [9.17, 15) is 28.8 Å². The summed E-state index contributed by atoms with van der Waals surface area (Å²) in [5, 5.41) is 0.192. The molecule has 0 spiro atoms. The second kappa shape index (κ2) is 31.5. The van der Waals surface area contributed by atoms with Crippen LogP contribution >= 0.6 is 11.6 Å². The van der Waals surface area contributed by atoms with Gasteiger partial charge in [-0.2, -0.15) is 9.97 Å². The highest BCUT2D eigenvalue weighted by Crippen LogP contribution is 2.38. The average Bonchev–Trinajstić information content (AvgIpc) is 1.53. The normalized spacial score (nSPS) is 18.5. The standard InChI is InChI=1S/C32H45N9O7.C20H32BN3O6.C18H25ClN6O3/c1-30(2,3)46-27(42)39-11-10-21(18-39)40-19-35-22-24(38-12-14-45-15-13-38)36-23(37-25(22)40)20-16-33-26(34-17-20)41(28(43)47-31(4,5)6)29(44)48-32(7,8)9;1-17(2,3)27-15(25)24(16(26)28-18(4,5)6)14-22-11-13(12-23-14)21-29-19(7,8)20(9,10)30-21;1-18(2,3)28-17(26)24-5-4-12(10-24)25-11-20-13-14(21-16(19)22-15(13)25)23-6-8-27-9-7-23/h16-17,19,21H,10-15,18H2,1-9H3;11-12H,1-10H3;11-12H,4-10H2,1-3H3/t21-;;12-/m0.0/s1. The first-order valence-electron chi connectivity index (χ1n) is 35.4. The molecule has 6 aromatic rings. The van der Waals surface area contributed by atoms with Gasteiger partial charge in [0.05, 0.1) is 67.9 Å². The van der Waals surface area contributed by atoms with Crippen molar-refractivity contribution < 1.29 is 76.0 Å². The molecule has 0 radical (unpaired) electrons. The smallest absolute Gasteiger partial charge is 0.444 e. The fraction of sp³-hybridized carbons (Fsp3) is 0.657. The molecule has 578 valence electrons. The first-order valence-corrected chi connectivity index (χ1v) is 35.8. The van der Waals surface area contributed by atoms with Crippen LogP contribution in [0.5, 0.6) is 0 Å². The third kappa shape index (κ3) is 21.0. The van der Waals surface area contributed by atoms with Gasteiger partial charge < -0.3 is 75.9 Å². The summed E-state index contributed by atoms with van der Waals surface area (Å²) in [5.74, 6) is 1.29. The SMILES string of the molecule is CC(C)(C)OC(=O)N(C(=O)OC(C)(C)C)c1ncc(B2OC(C)(C)C(C)(C)O2)cn1.CC(C)(C)OC(=O)N1CC[C@H](n2cnc3c(N4CCOCC4)nc(-c4cnc(N(C(=O)OC(C)(C)C)C(=O)OC(C)(C)C)nc4)nc32)C1.CC(C)(C)OC(=O)N1CC[C@H](n2cnc3c(N4CCOCC4)nc(Cl)nc32)C1. The fourth-order valence-electron chi connectivity index (χ4n) is 11.2. The largest absolute Gasteiger partial charge is 0.498 e. The molecule has 5 aliphatic rings. The molecular weight excluding hydrogens is 1400 g/mol. The molecule has 5 aliphatic heterocycles. The monoisotopic (exact) mass is 1500 g/mol. The highest BCUT2D eigenvalue weighted by atomic mass is 35.5. The van der Waals surface area contributed by atoms with E-state index in [0.29, 0.717) is 121 Å². The minimum atomic E-state index is -0.974. The lowest BCUT2D eigenvalue weighted by Crippen LogP contribution is -2.45. The highest BCUT2D eigenvalue weighted by molar-refractivity contribution is 6.62. The number of rotatable bonds is 8. The molecule has 6 amide bonds. The molecule has 2 atom stereocenters. The maximum Gasteiger partial charge on any atom is 0.498 e. The Kier molecular flexibility index (Phi) is 24.1. The van der Waals surface area contributed by atoms with Crippen LogP contribution in [0.15, 0.2) is 37.4 Å². The minimum absolute atomic E-state index is 0.0704. The molecule has 6 aromatic heterocycles. The summed E-state index contributed by atoms with van der Waals surface area (Å²) < 4.78 is 59.6. The van der Waals surface area contributed by atoms with Crippen LogP contribution < -0.4 is 25.1 Å². The van der Waals surface area contributed by atoms with Crippen LogP contribution in [-0.2, 0) is 47.2 Å². The van der Waals surface area contributed by atoms with Crippen molar-refractivity contribution in [2.45, 2.75) is 222 Å². The number of ether oxygens (including phenoxy) is 8. The Morgan fingerprint density at radius 1 is 0.462 bits per heavy atom. The van der Waals surface area contributed by atoms with Gasteiger partial charge in [0.15, 0.2) is 39.8 Å². The highest BCUT2D eigenvalue weighted by Gasteiger charge is 2.52.